The van der Waals surface area contributed by atoms with Gasteiger partial charge in [0, 0.05) is 10.2 Å². The predicted octanol–water partition coefficient (Wildman–Crippen LogP) is 1.32. The van der Waals surface area contributed by atoms with E-state index in [4.69, 9.17) is 5.84 Å². The lowest BCUT2D eigenvalue weighted by molar-refractivity contribution is 0.597. The number of nitrogen functional groups attached to an aromatic ring is 1. The molecule has 102 valence electrons. The van der Waals surface area contributed by atoms with E-state index in [1.165, 1.54) is 22.8 Å². The minimum Gasteiger partial charge on any atom is -0.336 e. The van der Waals surface area contributed by atoms with E-state index in [0.29, 0.717) is 15.8 Å². The number of nitrogens with two attached hydrogens (primary N) is 1. The number of thioether (sulfide) groups is 1. The van der Waals surface area contributed by atoms with Gasteiger partial charge in [0.1, 0.15) is 6.33 Å². The molecule has 0 spiro atoms. The molecule has 0 atom stereocenters. The van der Waals surface area contributed by atoms with Crippen molar-refractivity contribution in [2.75, 3.05) is 17.3 Å². The lowest BCUT2D eigenvalue weighted by Crippen LogP contribution is -2.11. The van der Waals surface area contributed by atoms with E-state index in [1.807, 2.05) is 0 Å². The van der Waals surface area contributed by atoms with Crippen LogP contribution in [0.2, 0.25) is 0 Å². The van der Waals surface area contributed by atoms with Crippen molar-refractivity contribution in [2.24, 2.45) is 0 Å². The van der Waals surface area contributed by atoms with Gasteiger partial charge in [-0.3, -0.25) is 0 Å². The first-order chi connectivity index (χ1) is 8.99. The Balaban J connectivity index is 1.98. The van der Waals surface area contributed by atoms with Gasteiger partial charge in [-0.15, -0.1) is 10.2 Å². The second kappa shape index (κ2) is 5.93. The van der Waals surface area contributed by atoms with E-state index in [1.54, 1.807) is 24.3 Å². The average Bonchev–Trinajstić information content (AvgIpc) is 2.75. The van der Waals surface area contributed by atoms with E-state index in [9.17, 15) is 8.42 Å². The molecule has 0 radical (unpaired) electrons. The first-order valence-electron chi connectivity index (χ1n) is 5.25. The minimum atomic E-state index is -3.28. The number of rotatable bonds is 5. The Labute approximate surface area is 123 Å². The second-order valence-electron chi connectivity index (χ2n) is 3.64. The summed E-state index contributed by atoms with van der Waals surface area (Å²) in [5, 5.41) is 7.88. The van der Waals surface area contributed by atoms with Crippen molar-refractivity contribution in [3.8, 4) is 0 Å². The lowest BCUT2D eigenvalue weighted by atomic mass is 10.4. The molecular weight excluding hydrogens is 352 g/mol. The molecule has 0 aliphatic rings. The Morgan fingerprint density at radius 3 is 2.58 bits per heavy atom. The van der Waals surface area contributed by atoms with Crippen LogP contribution in [0.3, 0.4) is 0 Å². The number of nitrogens with zero attached hydrogens (tertiary/aromatic N) is 3. The monoisotopic (exact) mass is 362 g/mol. The quantitative estimate of drug-likeness (QED) is 0.637. The molecule has 19 heavy (non-hydrogen) atoms. The van der Waals surface area contributed by atoms with E-state index in [-0.39, 0.29) is 5.75 Å². The third-order valence-corrected chi connectivity index (χ3v) is 5.77. The highest BCUT2D eigenvalue weighted by Gasteiger charge is 2.15. The number of sulfone groups is 1. The average molecular weight is 363 g/mol. The van der Waals surface area contributed by atoms with E-state index in [0.717, 1.165) is 4.47 Å². The fraction of sp³-hybridized carbons (Fsp3) is 0.200. The number of hydrogen-bond donors (Lipinski definition) is 1. The van der Waals surface area contributed by atoms with Gasteiger partial charge in [-0.2, -0.15) is 0 Å². The largest absolute Gasteiger partial charge is 0.336 e. The van der Waals surface area contributed by atoms with Crippen LogP contribution in [-0.2, 0) is 9.84 Å². The number of aromatic nitrogens is 3. The maximum atomic E-state index is 12.1. The van der Waals surface area contributed by atoms with Crippen LogP contribution in [0.4, 0.5) is 0 Å². The van der Waals surface area contributed by atoms with Crippen molar-refractivity contribution in [3.63, 3.8) is 0 Å². The van der Waals surface area contributed by atoms with Crippen LogP contribution in [0.25, 0.3) is 0 Å². The number of halogens is 1. The third kappa shape index (κ3) is 3.71. The Morgan fingerprint density at radius 2 is 2.00 bits per heavy atom. The molecule has 1 heterocycles. The maximum Gasteiger partial charge on any atom is 0.209 e. The van der Waals surface area contributed by atoms with E-state index < -0.39 is 9.84 Å². The lowest BCUT2D eigenvalue weighted by Gasteiger charge is -2.04. The normalized spacial score (nSPS) is 11.6. The van der Waals surface area contributed by atoms with Crippen molar-refractivity contribution < 1.29 is 8.42 Å². The molecule has 2 aromatic rings. The molecule has 0 unspecified atom stereocenters. The summed E-state index contributed by atoms with van der Waals surface area (Å²) in [7, 11) is -3.28. The van der Waals surface area contributed by atoms with E-state index >= 15 is 0 Å². The highest BCUT2D eigenvalue weighted by atomic mass is 79.9. The highest BCUT2D eigenvalue weighted by Crippen LogP contribution is 2.18. The molecule has 0 aliphatic heterocycles. The van der Waals surface area contributed by atoms with Gasteiger partial charge in [0.05, 0.1) is 10.6 Å². The Bertz CT molecular complexity index is 654. The van der Waals surface area contributed by atoms with Crippen LogP contribution in [0.5, 0.6) is 0 Å². The summed E-state index contributed by atoms with van der Waals surface area (Å²) in [6.07, 6.45) is 1.37. The van der Waals surface area contributed by atoms with Gasteiger partial charge in [0.25, 0.3) is 0 Å². The van der Waals surface area contributed by atoms with Crippen molar-refractivity contribution in [2.45, 2.75) is 10.1 Å². The third-order valence-electron chi connectivity index (χ3n) is 2.30. The minimum absolute atomic E-state index is 0.0200. The molecule has 0 amide bonds. The summed E-state index contributed by atoms with van der Waals surface area (Å²) in [6, 6.07) is 6.57. The molecule has 1 aromatic heterocycles. The topological polar surface area (TPSA) is 90.9 Å². The summed E-state index contributed by atoms with van der Waals surface area (Å²) in [4.78, 5) is 0.311. The summed E-state index contributed by atoms with van der Waals surface area (Å²) >= 11 is 4.52. The fourth-order valence-electron chi connectivity index (χ4n) is 1.34. The summed E-state index contributed by atoms with van der Waals surface area (Å²) < 4.78 is 26.2. The maximum absolute atomic E-state index is 12.1. The zero-order valence-electron chi connectivity index (χ0n) is 9.73. The second-order valence-corrected chi connectivity index (χ2v) is 7.73. The fourth-order valence-corrected chi connectivity index (χ4v) is 4.08. The van der Waals surface area contributed by atoms with Crippen LogP contribution in [0.15, 0.2) is 45.1 Å². The number of benzene rings is 1. The zero-order valence-corrected chi connectivity index (χ0v) is 12.9. The van der Waals surface area contributed by atoms with E-state index in [2.05, 4.69) is 26.1 Å². The molecule has 6 nitrogen and oxygen atoms in total. The van der Waals surface area contributed by atoms with Crippen LogP contribution in [-0.4, -0.2) is 34.8 Å². The summed E-state index contributed by atoms with van der Waals surface area (Å²) in [6.45, 7) is 0. The summed E-state index contributed by atoms with van der Waals surface area (Å²) in [5.74, 6) is 5.92. The Morgan fingerprint density at radius 1 is 1.32 bits per heavy atom. The Kier molecular flexibility index (Phi) is 4.48. The van der Waals surface area contributed by atoms with Gasteiger partial charge in [0.15, 0.2) is 9.84 Å². The molecule has 1 aromatic carbocycles. The van der Waals surface area contributed by atoms with Gasteiger partial charge < -0.3 is 5.84 Å². The first-order valence-corrected chi connectivity index (χ1v) is 8.68. The highest BCUT2D eigenvalue weighted by molar-refractivity contribution is 9.10. The molecule has 0 fully saturated rings. The SMILES string of the molecule is Nn1cnnc1SCCS(=O)(=O)c1ccc(Br)cc1. The van der Waals surface area contributed by atoms with Gasteiger partial charge in [0.2, 0.25) is 5.16 Å². The molecule has 0 bridgehead atoms. The molecule has 2 rings (SSSR count). The van der Waals surface area contributed by atoms with Crippen LogP contribution >= 0.6 is 27.7 Å². The van der Waals surface area contributed by atoms with Gasteiger partial charge >= 0.3 is 0 Å². The van der Waals surface area contributed by atoms with Crippen molar-refractivity contribution in [3.05, 3.63) is 35.1 Å². The van der Waals surface area contributed by atoms with Crippen LogP contribution < -0.4 is 5.84 Å². The van der Waals surface area contributed by atoms with Gasteiger partial charge in [-0.1, -0.05) is 27.7 Å². The smallest absolute Gasteiger partial charge is 0.209 e. The van der Waals surface area contributed by atoms with Crippen molar-refractivity contribution >= 4 is 37.5 Å². The molecule has 0 saturated carbocycles. The van der Waals surface area contributed by atoms with Crippen molar-refractivity contribution in [1.82, 2.24) is 14.9 Å². The van der Waals surface area contributed by atoms with Gasteiger partial charge in [-0.05, 0) is 24.3 Å². The van der Waals surface area contributed by atoms with Crippen LogP contribution in [0, 0.1) is 0 Å². The molecule has 0 aliphatic carbocycles. The zero-order chi connectivity index (χ0) is 13.9. The van der Waals surface area contributed by atoms with Crippen molar-refractivity contribution in [1.29, 1.82) is 0 Å². The first kappa shape index (κ1) is 14.4. The molecule has 0 saturated heterocycles. The Hall–Kier alpha value is -1.06. The molecular formula is C10H11BrN4O2S2. The molecule has 2 N–H and O–H groups in total. The number of hydrogen-bond acceptors (Lipinski definition) is 6. The molecule has 9 heteroatoms. The van der Waals surface area contributed by atoms with Crippen LogP contribution in [0.1, 0.15) is 0 Å². The standard InChI is InChI=1S/C10H11BrN4O2S2/c11-8-1-3-9(4-2-8)19(16,17)6-5-18-10-14-13-7-15(10)12/h1-4,7H,5-6,12H2. The summed E-state index contributed by atoms with van der Waals surface area (Å²) in [5.41, 5.74) is 0. The van der Waals surface area contributed by atoms with Gasteiger partial charge in [-0.25, -0.2) is 13.1 Å². The predicted molar refractivity (Wildman–Crippen MR) is 77.1 cm³/mol.